The summed E-state index contributed by atoms with van der Waals surface area (Å²) >= 11 is 9.42. The molecular weight excluding hydrogens is 343 g/mol. The molecule has 0 amide bonds. The second-order valence-corrected chi connectivity index (χ2v) is 5.75. The lowest BCUT2D eigenvalue weighted by molar-refractivity contribution is 0.617. The van der Waals surface area contributed by atoms with Gasteiger partial charge in [-0.3, -0.25) is 4.57 Å². The highest BCUT2D eigenvalue weighted by molar-refractivity contribution is 9.10. The van der Waals surface area contributed by atoms with Crippen molar-refractivity contribution in [1.29, 1.82) is 0 Å². The highest BCUT2D eigenvalue weighted by Gasteiger charge is 2.13. The maximum absolute atomic E-state index is 13.8. The number of halogens is 3. The Morgan fingerprint density at radius 3 is 2.75 bits per heavy atom. The highest BCUT2D eigenvalue weighted by atomic mass is 79.9. The van der Waals surface area contributed by atoms with E-state index in [0.717, 1.165) is 21.2 Å². The van der Waals surface area contributed by atoms with Crippen LogP contribution in [0.5, 0.6) is 0 Å². The molecule has 0 aliphatic carbocycles. The van der Waals surface area contributed by atoms with E-state index >= 15 is 0 Å². The van der Waals surface area contributed by atoms with Gasteiger partial charge in [0.2, 0.25) is 0 Å². The molecule has 0 unspecified atom stereocenters. The smallest absolute Gasteiger partial charge is 0.129 e. The average molecular weight is 354 g/mol. The second kappa shape index (κ2) is 5.19. The molecule has 20 heavy (non-hydrogen) atoms. The summed E-state index contributed by atoms with van der Waals surface area (Å²) in [4.78, 5) is 4.49. The van der Waals surface area contributed by atoms with Gasteiger partial charge in [-0.25, -0.2) is 9.37 Å². The number of imidazole rings is 1. The molecule has 0 aliphatic rings. The van der Waals surface area contributed by atoms with E-state index in [2.05, 4.69) is 20.9 Å². The van der Waals surface area contributed by atoms with Crippen molar-refractivity contribution < 1.29 is 4.39 Å². The van der Waals surface area contributed by atoms with Crippen molar-refractivity contribution in [2.24, 2.45) is 0 Å². The summed E-state index contributed by atoms with van der Waals surface area (Å²) in [5.74, 6) is 0.727. The van der Waals surface area contributed by atoms with Crippen molar-refractivity contribution in [3.63, 3.8) is 0 Å². The fraction of sp³-hybridized carbons (Fsp3) is 0.133. The van der Waals surface area contributed by atoms with E-state index in [-0.39, 0.29) is 11.7 Å². The third-order valence-electron chi connectivity index (χ3n) is 3.22. The van der Waals surface area contributed by atoms with Gasteiger partial charge in [-0.2, -0.15) is 0 Å². The molecule has 0 radical (unpaired) electrons. The van der Waals surface area contributed by atoms with Crippen LogP contribution >= 0.6 is 27.5 Å². The molecule has 3 aromatic rings. The van der Waals surface area contributed by atoms with Crippen LogP contribution in [0.2, 0.25) is 0 Å². The third kappa shape index (κ3) is 2.23. The SMILES string of the molecule is Cc1ccc(-n2c(CCl)nc3ccc(Br)cc32)cc1F. The number of nitrogens with zero attached hydrogens (tertiary/aromatic N) is 2. The van der Waals surface area contributed by atoms with Crippen LogP contribution in [0.1, 0.15) is 11.4 Å². The standard InChI is InChI=1S/C15H11BrClFN2/c1-9-2-4-11(7-12(9)18)20-14-6-10(16)3-5-13(14)19-15(20)8-17/h2-7H,8H2,1H3. The Kier molecular flexibility index (Phi) is 3.52. The molecule has 0 saturated heterocycles. The van der Waals surface area contributed by atoms with E-state index in [0.29, 0.717) is 11.4 Å². The number of fused-ring (bicyclic) bond motifs is 1. The van der Waals surface area contributed by atoms with Gasteiger partial charge in [0.25, 0.3) is 0 Å². The van der Waals surface area contributed by atoms with E-state index in [1.54, 1.807) is 13.0 Å². The predicted octanol–water partition coefficient (Wildman–Crippen LogP) is 4.97. The van der Waals surface area contributed by atoms with Crippen LogP contribution in [0.3, 0.4) is 0 Å². The number of hydrogen-bond donors (Lipinski definition) is 0. The summed E-state index contributed by atoms with van der Waals surface area (Å²) in [6.07, 6.45) is 0. The molecule has 1 heterocycles. The minimum absolute atomic E-state index is 0.236. The van der Waals surface area contributed by atoms with E-state index in [1.165, 1.54) is 6.07 Å². The Hall–Kier alpha value is -1.39. The molecule has 0 spiro atoms. The summed E-state index contributed by atoms with van der Waals surface area (Å²) in [5.41, 5.74) is 3.08. The van der Waals surface area contributed by atoms with Crippen LogP contribution in [0, 0.1) is 12.7 Å². The first-order valence-corrected chi connectivity index (χ1v) is 7.42. The Labute approximate surface area is 129 Å². The number of rotatable bonds is 2. The van der Waals surface area contributed by atoms with Crippen LogP contribution in [0.15, 0.2) is 40.9 Å². The molecule has 0 atom stereocenters. The summed E-state index contributed by atoms with van der Waals surface area (Å²) in [7, 11) is 0. The Bertz CT molecular complexity index is 798. The number of aromatic nitrogens is 2. The van der Waals surface area contributed by atoms with E-state index in [4.69, 9.17) is 11.6 Å². The summed E-state index contributed by atoms with van der Waals surface area (Å²) < 4.78 is 16.6. The fourth-order valence-corrected chi connectivity index (χ4v) is 2.73. The van der Waals surface area contributed by atoms with Crippen LogP contribution < -0.4 is 0 Å². The maximum Gasteiger partial charge on any atom is 0.129 e. The summed E-state index contributed by atoms with van der Waals surface area (Å²) in [5, 5.41) is 0. The molecular formula is C15H11BrClFN2. The Morgan fingerprint density at radius 1 is 1.25 bits per heavy atom. The quantitative estimate of drug-likeness (QED) is 0.594. The van der Waals surface area contributed by atoms with Crippen LogP contribution in [0.4, 0.5) is 4.39 Å². The van der Waals surface area contributed by atoms with Gasteiger partial charge >= 0.3 is 0 Å². The lowest BCUT2D eigenvalue weighted by Gasteiger charge is -2.09. The Balaban J connectivity index is 2.32. The van der Waals surface area contributed by atoms with Gasteiger partial charge in [0, 0.05) is 4.47 Å². The molecule has 1 aromatic heterocycles. The number of benzene rings is 2. The highest BCUT2D eigenvalue weighted by Crippen LogP contribution is 2.26. The van der Waals surface area contributed by atoms with Crippen molar-refractivity contribution in [2.75, 3.05) is 0 Å². The zero-order valence-corrected chi connectivity index (χ0v) is 13.0. The third-order valence-corrected chi connectivity index (χ3v) is 3.95. The number of hydrogen-bond acceptors (Lipinski definition) is 1. The van der Waals surface area contributed by atoms with Crippen LogP contribution in [-0.2, 0) is 5.88 Å². The van der Waals surface area contributed by atoms with Gasteiger partial charge in [0.15, 0.2) is 0 Å². The number of aryl methyl sites for hydroxylation is 1. The van der Waals surface area contributed by atoms with Gasteiger partial charge in [-0.1, -0.05) is 22.0 Å². The van der Waals surface area contributed by atoms with Crippen molar-refractivity contribution in [3.05, 3.63) is 58.1 Å². The Morgan fingerprint density at radius 2 is 2.05 bits per heavy atom. The van der Waals surface area contributed by atoms with Crippen molar-refractivity contribution >= 4 is 38.6 Å². The molecule has 2 nitrogen and oxygen atoms in total. The first-order chi connectivity index (χ1) is 9.60. The van der Waals surface area contributed by atoms with E-state index in [9.17, 15) is 4.39 Å². The minimum Gasteiger partial charge on any atom is -0.295 e. The zero-order valence-electron chi connectivity index (χ0n) is 10.7. The molecule has 0 saturated carbocycles. The van der Waals surface area contributed by atoms with Gasteiger partial charge in [-0.15, -0.1) is 11.6 Å². The van der Waals surface area contributed by atoms with Crippen molar-refractivity contribution in [2.45, 2.75) is 12.8 Å². The van der Waals surface area contributed by atoms with E-state index < -0.39 is 0 Å². The van der Waals surface area contributed by atoms with Gasteiger partial charge in [-0.05, 0) is 42.8 Å². The molecule has 5 heteroatoms. The zero-order chi connectivity index (χ0) is 14.3. The largest absolute Gasteiger partial charge is 0.295 e. The van der Waals surface area contributed by atoms with Gasteiger partial charge < -0.3 is 0 Å². The predicted molar refractivity (Wildman–Crippen MR) is 83.0 cm³/mol. The average Bonchev–Trinajstić information content (AvgIpc) is 2.79. The summed E-state index contributed by atoms with van der Waals surface area (Å²) in [6, 6.07) is 10.9. The molecule has 0 fully saturated rings. The first-order valence-electron chi connectivity index (χ1n) is 6.09. The van der Waals surface area contributed by atoms with Crippen molar-refractivity contribution in [1.82, 2.24) is 9.55 Å². The van der Waals surface area contributed by atoms with Crippen molar-refractivity contribution in [3.8, 4) is 5.69 Å². The normalized spacial score (nSPS) is 11.2. The van der Waals surface area contributed by atoms with Crippen LogP contribution in [0.25, 0.3) is 16.7 Å². The molecule has 0 aliphatic heterocycles. The van der Waals surface area contributed by atoms with Gasteiger partial charge in [0.05, 0.1) is 22.6 Å². The van der Waals surface area contributed by atoms with E-state index in [1.807, 2.05) is 28.8 Å². The fourth-order valence-electron chi connectivity index (χ4n) is 2.20. The maximum atomic E-state index is 13.8. The topological polar surface area (TPSA) is 17.8 Å². The number of alkyl halides is 1. The first kappa shape index (κ1) is 13.6. The minimum atomic E-state index is -0.236. The molecule has 102 valence electrons. The second-order valence-electron chi connectivity index (χ2n) is 4.56. The lowest BCUT2D eigenvalue weighted by atomic mass is 10.2. The van der Waals surface area contributed by atoms with Gasteiger partial charge in [0.1, 0.15) is 11.6 Å². The molecule has 0 bridgehead atoms. The molecule has 3 rings (SSSR count). The monoisotopic (exact) mass is 352 g/mol. The molecule has 2 aromatic carbocycles. The lowest BCUT2D eigenvalue weighted by Crippen LogP contribution is -2.00. The van der Waals surface area contributed by atoms with Crippen LogP contribution in [-0.4, -0.2) is 9.55 Å². The molecule has 0 N–H and O–H groups in total. The summed E-state index contributed by atoms with van der Waals surface area (Å²) in [6.45, 7) is 1.74.